The van der Waals surface area contributed by atoms with Gasteiger partial charge >= 0.3 is 0 Å². The van der Waals surface area contributed by atoms with Crippen LogP contribution in [0.5, 0.6) is 0 Å². The maximum Gasteiger partial charge on any atom is 0.182 e. The van der Waals surface area contributed by atoms with Gasteiger partial charge in [0.05, 0.1) is 17.3 Å². The lowest BCUT2D eigenvalue weighted by Gasteiger charge is -2.22. The number of ketones is 1. The standard InChI is InChI=1S/C14H21ClN2O2/c1-10(2)17-14(12(15)9-16-17)13(18)7-6-11-5-3-4-8-19-11/h9-11H,3-8H2,1-2H3. The molecule has 0 aliphatic carbocycles. The predicted octanol–water partition coefficient (Wildman–Crippen LogP) is 3.65. The first-order valence-electron chi connectivity index (χ1n) is 6.97. The van der Waals surface area contributed by atoms with E-state index in [-0.39, 0.29) is 17.9 Å². The molecule has 0 aromatic carbocycles. The zero-order valence-electron chi connectivity index (χ0n) is 11.6. The Hall–Kier alpha value is -0.870. The minimum atomic E-state index is 0.0605. The molecule has 0 amide bonds. The number of hydrogen-bond donors (Lipinski definition) is 0. The molecule has 106 valence electrons. The summed E-state index contributed by atoms with van der Waals surface area (Å²) in [5.74, 6) is 0.0605. The van der Waals surface area contributed by atoms with Gasteiger partial charge in [-0.15, -0.1) is 0 Å². The molecule has 1 saturated heterocycles. The van der Waals surface area contributed by atoms with Crippen LogP contribution in [0, 0.1) is 0 Å². The van der Waals surface area contributed by atoms with E-state index in [1.807, 2.05) is 13.8 Å². The summed E-state index contributed by atoms with van der Waals surface area (Å²) in [6, 6.07) is 0.136. The molecule has 1 fully saturated rings. The van der Waals surface area contributed by atoms with Crippen molar-refractivity contribution in [3.8, 4) is 0 Å². The average Bonchev–Trinajstić information content (AvgIpc) is 2.79. The molecule has 1 unspecified atom stereocenters. The van der Waals surface area contributed by atoms with Crippen LogP contribution in [0.15, 0.2) is 6.20 Å². The van der Waals surface area contributed by atoms with Crippen molar-refractivity contribution in [2.45, 2.75) is 58.1 Å². The first-order chi connectivity index (χ1) is 9.09. The van der Waals surface area contributed by atoms with Gasteiger partial charge in [0.2, 0.25) is 0 Å². The number of rotatable bonds is 5. The van der Waals surface area contributed by atoms with Crippen LogP contribution in [-0.2, 0) is 4.74 Å². The fourth-order valence-electron chi connectivity index (χ4n) is 2.44. The average molecular weight is 285 g/mol. The van der Waals surface area contributed by atoms with Crippen LogP contribution in [-0.4, -0.2) is 28.3 Å². The van der Waals surface area contributed by atoms with Gasteiger partial charge in [0, 0.05) is 19.1 Å². The summed E-state index contributed by atoms with van der Waals surface area (Å²) in [4.78, 5) is 12.3. The molecular formula is C14H21ClN2O2. The number of ether oxygens (including phenoxy) is 1. The Kier molecular flexibility index (Phi) is 4.99. The van der Waals surface area contributed by atoms with Crippen LogP contribution in [0.3, 0.4) is 0 Å². The van der Waals surface area contributed by atoms with Crippen molar-refractivity contribution in [2.24, 2.45) is 0 Å². The van der Waals surface area contributed by atoms with Gasteiger partial charge in [-0.2, -0.15) is 5.10 Å². The lowest BCUT2D eigenvalue weighted by Crippen LogP contribution is -2.21. The third-order valence-corrected chi connectivity index (χ3v) is 3.75. The van der Waals surface area contributed by atoms with E-state index in [0.29, 0.717) is 17.1 Å². The first kappa shape index (κ1) is 14.5. The first-order valence-corrected chi connectivity index (χ1v) is 7.35. The number of nitrogens with zero attached hydrogens (tertiary/aromatic N) is 2. The van der Waals surface area contributed by atoms with Gasteiger partial charge in [0.25, 0.3) is 0 Å². The van der Waals surface area contributed by atoms with Crippen LogP contribution in [0.4, 0.5) is 0 Å². The van der Waals surface area contributed by atoms with Crippen molar-refractivity contribution in [1.82, 2.24) is 9.78 Å². The van der Waals surface area contributed by atoms with E-state index in [1.54, 1.807) is 10.9 Å². The highest BCUT2D eigenvalue weighted by molar-refractivity contribution is 6.33. The molecule has 0 bridgehead atoms. The number of carbonyl (C=O) groups is 1. The van der Waals surface area contributed by atoms with Crippen molar-refractivity contribution < 1.29 is 9.53 Å². The maximum atomic E-state index is 12.3. The van der Waals surface area contributed by atoms with Gasteiger partial charge in [0.15, 0.2) is 5.78 Å². The van der Waals surface area contributed by atoms with E-state index >= 15 is 0 Å². The zero-order valence-corrected chi connectivity index (χ0v) is 12.3. The molecular weight excluding hydrogens is 264 g/mol. The molecule has 0 saturated carbocycles. The molecule has 5 heteroatoms. The Bertz CT molecular complexity index is 437. The number of hydrogen-bond acceptors (Lipinski definition) is 3. The summed E-state index contributed by atoms with van der Waals surface area (Å²) in [6.07, 6.45) is 6.42. The van der Waals surface area contributed by atoms with E-state index < -0.39 is 0 Å². The molecule has 2 rings (SSSR count). The second kappa shape index (κ2) is 6.53. The largest absolute Gasteiger partial charge is 0.378 e. The van der Waals surface area contributed by atoms with Crippen molar-refractivity contribution in [3.05, 3.63) is 16.9 Å². The van der Waals surface area contributed by atoms with Gasteiger partial charge < -0.3 is 4.74 Å². The Morgan fingerprint density at radius 3 is 3.00 bits per heavy atom. The highest BCUT2D eigenvalue weighted by Crippen LogP contribution is 2.23. The lowest BCUT2D eigenvalue weighted by molar-refractivity contribution is 0.0104. The molecule has 19 heavy (non-hydrogen) atoms. The van der Waals surface area contributed by atoms with Crippen LogP contribution in [0.25, 0.3) is 0 Å². The second-order valence-electron chi connectivity index (χ2n) is 5.33. The maximum absolute atomic E-state index is 12.3. The van der Waals surface area contributed by atoms with Crippen LogP contribution in [0.2, 0.25) is 5.02 Å². The number of aromatic nitrogens is 2. The highest BCUT2D eigenvalue weighted by Gasteiger charge is 2.21. The summed E-state index contributed by atoms with van der Waals surface area (Å²) in [5, 5.41) is 4.61. The highest BCUT2D eigenvalue weighted by atomic mass is 35.5. The van der Waals surface area contributed by atoms with Crippen LogP contribution in [0.1, 0.15) is 62.5 Å². The summed E-state index contributed by atoms with van der Waals surface area (Å²) in [7, 11) is 0. The number of Topliss-reactive ketones (excluding diaryl/α,β-unsaturated/α-hetero) is 1. The summed E-state index contributed by atoms with van der Waals surface area (Å²) >= 11 is 6.07. The minimum absolute atomic E-state index is 0.0605. The van der Waals surface area contributed by atoms with Gasteiger partial charge in [-0.3, -0.25) is 9.48 Å². The summed E-state index contributed by atoms with van der Waals surface area (Å²) in [6.45, 7) is 4.80. The van der Waals surface area contributed by atoms with Crippen LogP contribution < -0.4 is 0 Å². The smallest absolute Gasteiger partial charge is 0.182 e. The van der Waals surface area contributed by atoms with E-state index in [4.69, 9.17) is 16.3 Å². The molecule has 1 aliphatic rings. The summed E-state index contributed by atoms with van der Waals surface area (Å²) in [5.41, 5.74) is 0.535. The normalized spacial score (nSPS) is 19.9. The van der Waals surface area contributed by atoms with Crippen molar-refractivity contribution in [2.75, 3.05) is 6.61 Å². The zero-order chi connectivity index (χ0) is 13.8. The molecule has 0 spiro atoms. The SMILES string of the molecule is CC(C)n1ncc(Cl)c1C(=O)CCC1CCCCO1. The predicted molar refractivity (Wildman–Crippen MR) is 74.8 cm³/mol. The molecule has 0 radical (unpaired) electrons. The van der Waals surface area contributed by atoms with E-state index in [0.717, 1.165) is 25.9 Å². The molecule has 1 atom stereocenters. The van der Waals surface area contributed by atoms with Crippen LogP contribution >= 0.6 is 11.6 Å². The van der Waals surface area contributed by atoms with E-state index in [9.17, 15) is 4.79 Å². The molecule has 2 heterocycles. The van der Waals surface area contributed by atoms with Gasteiger partial charge in [0.1, 0.15) is 5.69 Å². The second-order valence-corrected chi connectivity index (χ2v) is 5.74. The molecule has 1 aromatic heterocycles. The monoisotopic (exact) mass is 284 g/mol. The number of carbonyl (C=O) groups excluding carboxylic acids is 1. The molecule has 1 aromatic rings. The molecule has 4 nitrogen and oxygen atoms in total. The molecule has 0 N–H and O–H groups in total. The third-order valence-electron chi connectivity index (χ3n) is 3.47. The van der Waals surface area contributed by atoms with E-state index in [1.165, 1.54) is 6.42 Å². The Morgan fingerprint density at radius 2 is 2.37 bits per heavy atom. The Labute approximate surface area is 119 Å². The van der Waals surface area contributed by atoms with Gasteiger partial charge in [-0.1, -0.05) is 11.6 Å². The fraction of sp³-hybridized carbons (Fsp3) is 0.714. The quantitative estimate of drug-likeness (QED) is 0.775. The van der Waals surface area contributed by atoms with Crippen molar-refractivity contribution in [3.63, 3.8) is 0 Å². The fourth-order valence-corrected chi connectivity index (χ4v) is 2.67. The lowest BCUT2D eigenvalue weighted by atomic mass is 10.0. The molecule has 1 aliphatic heterocycles. The van der Waals surface area contributed by atoms with Gasteiger partial charge in [-0.25, -0.2) is 0 Å². The third kappa shape index (κ3) is 3.57. The topological polar surface area (TPSA) is 44.1 Å². The van der Waals surface area contributed by atoms with Gasteiger partial charge in [-0.05, 0) is 39.5 Å². The number of halogens is 1. The van der Waals surface area contributed by atoms with E-state index in [2.05, 4.69) is 5.10 Å². The Morgan fingerprint density at radius 1 is 1.58 bits per heavy atom. The Balaban J connectivity index is 1.97. The van der Waals surface area contributed by atoms with Crippen molar-refractivity contribution in [1.29, 1.82) is 0 Å². The summed E-state index contributed by atoms with van der Waals surface area (Å²) < 4.78 is 7.35. The minimum Gasteiger partial charge on any atom is -0.378 e. The van der Waals surface area contributed by atoms with Crippen molar-refractivity contribution >= 4 is 17.4 Å².